The SMILES string of the molecule is O=C1Cc2ccc(F)cc2N1CC1=CCCC=C1Oc1cc(F)cc(F)c1. The zero-order valence-corrected chi connectivity index (χ0v) is 14.3. The van der Waals surface area contributed by atoms with Crippen molar-refractivity contribution in [2.45, 2.75) is 19.3 Å². The van der Waals surface area contributed by atoms with Gasteiger partial charge in [-0.05, 0) is 36.6 Å². The molecule has 4 rings (SSSR count). The van der Waals surface area contributed by atoms with Gasteiger partial charge in [-0.3, -0.25) is 4.79 Å². The summed E-state index contributed by atoms with van der Waals surface area (Å²) in [4.78, 5) is 13.9. The third kappa shape index (κ3) is 3.60. The first-order valence-electron chi connectivity index (χ1n) is 8.62. The molecule has 1 amide bonds. The molecule has 0 fully saturated rings. The number of allylic oxidation sites excluding steroid dienone is 2. The first-order valence-corrected chi connectivity index (χ1v) is 8.62. The normalized spacial score (nSPS) is 16.1. The lowest BCUT2D eigenvalue weighted by atomic mass is 10.0. The van der Waals surface area contributed by atoms with E-state index in [4.69, 9.17) is 4.74 Å². The van der Waals surface area contributed by atoms with Gasteiger partial charge in [0.25, 0.3) is 0 Å². The number of carbonyl (C=O) groups is 1. The van der Waals surface area contributed by atoms with E-state index in [0.717, 1.165) is 42.2 Å². The van der Waals surface area contributed by atoms with Gasteiger partial charge in [-0.2, -0.15) is 0 Å². The molecule has 1 aliphatic heterocycles. The summed E-state index contributed by atoms with van der Waals surface area (Å²) < 4.78 is 46.1. The van der Waals surface area contributed by atoms with Gasteiger partial charge in [0.1, 0.15) is 29.0 Å². The van der Waals surface area contributed by atoms with Crippen LogP contribution in [0.2, 0.25) is 0 Å². The first-order chi connectivity index (χ1) is 13.0. The second-order valence-electron chi connectivity index (χ2n) is 6.51. The number of carbonyl (C=O) groups excluding carboxylic acids is 1. The predicted octanol–water partition coefficient (Wildman–Crippen LogP) is 4.68. The minimum atomic E-state index is -0.730. The number of nitrogens with zero attached hydrogens (tertiary/aromatic N) is 1. The molecule has 27 heavy (non-hydrogen) atoms. The summed E-state index contributed by atoms with van der Waals surface area (Å²) in [5, 5.41) is 0. The van der Waals surface area contributed by atoms with Gasteiger partial charge in [0, 0.05) is 23.8 Å². The third-order valence-electron chi connectivity index (χ3n) is 4.58. The Hall–Kier alpha value is -3.02. The van der Waals surface area contributed by atoms with Gasteiger partial charge in [-0.1, -0.05) is 12.1 Å². The van der Waals surface area contributed by atoms with E-state index in [-0.39, 0.29) is 24.6 Å². The van der Waals surface area contributed by atoms with Crippen molar-refractivity contribution in [1.29, 1.82) is 0 Å². The summed E-state index contributed by atoms with van der Waals surface area (Å²) in [6.45, 7) is 0.207. The van der Waals surface area contributed by atoms with Crippen molar-refractivity contribution < 1.29 is 22.7 Å². The van der Waals surface area contributed by atoms with Crippen LogP contribution in [0.3, 0.4) is 0 Å². The van der Waals surface area contributed by atoms with E-state index in [0.29, 0.717) is 11.4 Å². The van der Waals surface area contributed by atoms with Crippen LogP contribution in [0.15, 0.2) is 59.9 Å². The Kier molecular flexibility index (Phi) is 4.48. The summed E-state index contributed by atoms with van der Waals surface area (Å²) >= 11 is 0. The fourth-order valence-electron chi connectivity index (χ4n) is 3.34. The number of benzene rings is 2. The summed E-state index contributed by atoms with van der Waals surface area (Å²) in [7, 11) is 0. The van der Waals surface area contributed by atoms with Crippen LogP contribution in [0.5, 0.6) is 5.75 Å². The maximum Gasteiger partial charge on any atom is 0.231 e. The molecule has 2 aromatic carbocycles. The molecule has 0 unspecified atom stereocenters. The number of amides is 1. The maximum absolute atomic E-state index is 13.6. The second-order valence-corrected chi connectivity index (χ2v) is 6.51. The molecule has 0 bridgehead atoms. The standard InChI is InChI=1S/C21H16F3NO2/c22-15-6-5-13-7-21(26)25(19(13)11-15)12-14-3-1-2-4-20(14)27-18-9-16(23)8-17(24)10-18/h3-6,8-11H,1-2,7,12H2. The zero-order chi connectivity index (χ0) is 19.0. The van der Waals surface area contributed by atoms with E-state index < -0.39 is 17.5 Å². The monoisotopic (exact) mass is 371 g/mol. The van der Waals surface area contributed by atoms with Crippen molar-refractivity contribution in [2.24, 2.45) is 0 Å². The number of anilines is 1. The van der Waals surface area contributed by atoms with E-state index in [2.05, 4.69) is 0 Å². The van der Waals surface area contributed by atoms with E-state index >= 15 is 0 Å². The van der Waals surface area contributed by atoms with Crippen LogP contribution >= 0.6 is 0 Å². The number of fused-ring (bicyclic) bond motifs is 1. The molecule has 2 aliphatic rings. The van der Waals surface area contributed by atoms with Crippen molar-refractivity contribution in [3.05, 3.63) is 82.9 Å². The van der Waals surface area contributed by atoms with Crippen molar-refractivity contribution >= 4 is 11.6 Å². The third-order valence-corrected chi connectivity index (χ3v) is 4.58. The topological polar surface area (TPSA) is 29.5 Å². The Morgan fingerprint density at radius 1 is 0.926 bits per heavy atom. The molecular formula is C21H16F3NO2. The largest absolute Gasteiger partial charge is 0.457 e. The molecule has 138 valence electrons. The lowest BCUT2D eigenvalue weighted by molar-refractivity contribution is -0.117. The number of ether oxygens (including phenoxy) is 1. The van der Waals surface area contributed by atoms with Gasteiger partial charge < -0.3 is 9.64 Å². The van der Waals surface area contributed by atoms with Crippen LogP contribution in [-0.4, -0.2) is 12.5 Å². The van der Waals surface area contributed by atoms with Crippen LogP contribution in [0, 0.1) is 17.5 Å². The van der Waals surface area contributed by atoms with Crippen LogP contribution in [-0.2, 0) is 11.2 Å². The average molecular weight is 371 g/mol. The Bertz CT molecular complexity index is 961. The highest BCUT2D eigenvalue weighted by atomic mass is 19.1. The van der Waals surface area contributed by atoms with E-state index in [1.54, 1.807) is 6.07 Å². The number of halogens is 3. The molecule has 1 heterocycles. The quantitative estimate of drug-likeness (QED) is 0.781. The highest BCUT2D eigenvalue weighted by Gasteiger charge is 2.29. The van der Waals surface area contributed by atoms with Crippen molar-refractivity contribution in [3.63, 3.8) is 0 Å². The Labute approximate surface area is 154 Å². The van der Waals surface area contributed by atoms with Gasteiger partial charge >= 0.3 is 0 Å². The second kappa shape index (κ2) is 6.95. The molecule has 0 radical (unpaired) electrons. The summed E-state index contributed by atoms with van der Waals surface area (Å²) in [5.41, 5.74) is 2.04. The summed E-state index contributed by atoms with van der Waals surface area (Å²) in [6, 6.07) is 7.26. The van der Waals surface area contributed by atoms with Crippen molar-refractivity contribution in [2.75, 3.05) is 11.4 Å². The van der Waals surface area contributed by atoms with Crippen LogP contribution in [0.4, 0.5) is 18.9 Å². The molecule has 0 saturated heterocycles. The number of hydrogen-bond donors (Lipinski definition) is 0. The van der Waals surface area contributed by atoms with E-state index in [9.17, 15) is 18.0 Å². The fraction of sp³-hybridized carbons (Fsp3) is 0.190. The fourth-order valence-corrected chi connectivity index (χ4v) is 3.34. The van der Waals surface area contributed by atoms with E-state index in [1.807, 2.05) is 12.2 Å². The zero-order valence-electron chi connectivity index (χ0n) is 14.3. The maximum atomic E-state index is 13.6. The molecule has 0 spiro atoms. The minimum Gasteiger partial charge on any atom is -0.457 e. The smallest absolute Gasteiger partial charge is 0.231 e. The van der Waals surface area contributed by atoms with Crippen LogP contribution in [0.25, 0.3) is 0 Å². The molecule has 3 nitrogen and oxygen atoms in total. The number of hydrogen-bond acceptors (Lipinski definition) is 2. The molecule has 6 heteroatoms. The summed E-state index contributed by atoms with van der Waals surface area (Å²) in [6.07, 6.45) is 5.45. The molecule has 1 aliphatic carbocycles. The van der Waals surface area contributed by atoms with Crippen LogP contribution < -0.4 is 9.64 Å². The molecule has 0 N–H and O–H groups in total. The Balaban J connectivity index is 1.58. The van der Waals surface area contributed by atoms with Gasteiger partial charge in [0.05, 0.1) is 18.7 Å². The van der Waals surface area contributed by atoms with Crippen LogP contribution in [0.1, 0.15) is 18.4 Å². The Morgan fingerprint density at radius 2 is 1.67 bits per heavy atom. The average Bonchev–Trinajstić information content (AvgIpc) is 2.91. The molecule has 0 aromatic heterocycles. The highest BCUT2D eigenvalue weighted by molar-refractivity contribution is 6.01. The van der Waals surface area contributed by atoms with Gasteiger partial charge in [0.15, 0.2) is 0 Å². The molecule has 0 atom stereocenters. The minimum absolute atomic E-state index is 0.0470. The molecule has 2 aromatic rings. The van der Waals surface area contributed by atoms with Gasteiger partial charge in [0.2, 0.25) is 5.91 Å². The molecule has 0 saturated carbocycles. The van der Waals surface area contributed by atoms with Crippen molar-refractivity contribution in [1.82, 2.24) is 0 Å². The van der Waals surface area contributed by atoms with Crippen molar-refractivity contribution in [3.8, 4) is 5.75 Å². The molecular weight excluding hydrogens is 355 g/mol. The van der Waals surface area contributed by atoms with E-state index in [1.165, 1.54) is 17.0 Å². The predicted molar refractivity (Wildman–Crippen MR) is 94.8 cm³/mol. The Morgan fingerprint density at radius 3 is 2.44 bits per heavy atom. The highest BCUT2D eigenvalue weighted by Crippen LogP contribution is 2.32. The van der Waals surface area contributed by atoms with Gasteiger partial charge in [-0.15, -0.1) is 0 Å². The lowest BCUT2D eigenvalue weighted by Gasteiger charge is -2.23. The lowest BCUT2D eigenvalue weighted by Crippen LogP contribution is -2.30. The summed E-state index contributed by atoms with van der Waals surface area (Å²) in [5.74, 6) is -1.50. The number of rotatable bonds is 4. The first kappa shape index (κ1) is 17.4. The van der Waals surface area contributed by atoms with Gasteiger partial charge in [-0.25, -0.2) is 13.2 Å².